The highest BCUT2D eigenvalue weighted by Crippen LogP contribution is 2.30. The van der Waals surface area contributed by atoms with Crippen LogP contribution < -0.4 is 5.43 Å². The number of nitro benzene ring substituents is 1. The Kier molecular flexibility index (Phi) is 5.52. The number of benzene rings is 2. The molecule has 1 N–H and O–H groups in total. The maximum atomic E-state index is 12.6. The number of hydrazone groups is 1. The average molecular weight is 388 g/mol. The zero-order valence-electron chi connectivity index (χ0n) is 14.8. The Balaban J connectivity index is 1.85. The van der Waals surface area contributed by atoms with E-state index in [1.165, 1.54) is 16.4 Å². The number of hydrogen-bond donors (Lipinski definition) is 1. The third-order valence-electron chi connectivity index (χ3n) is 4.31. The van der Waals surface area contributed by atoms with Gasteiger partial charge in [0.1, 0.15) is 5.69 Å². The lowest BCUT2D eigenvalue weighted by Gasteiger charge is -2.15. The number of nitrogens with one attached hydrogen (secondary N) is 1. The minimum Gasteiger partial charge on any atom is -0.272 e. The number of anilines is 1. The van der Waals surface area contributed by atoms with Gasteiger partial charge in [-0.05, 0) is 37.5 Å². The highest BCUT2D eigenvalue weighted by Gasteiger charge is 2.29. The van der Waals surface area contributed by atoms with Crippen molar-refractivity contribution in [3.05, 3.63) is 63.7 Å². The molecule has 0 aliphatic carbocycles. The monoisotopic (exact) mass is 388 g/mol. The maximum Gasteiger partial charge on any atom is 0.295 e. The fraction of sp³-hybridized carbons (Fsp3) is 0.278. The van der Waals surface area contributed by atoms with Crippen LogP contribution in [0, 0.1) is 17.0 Å². The van der Waals surface area contributed by atoms with Gasteiger partial charge in [-0.3, -0.25) is 15.5 Å². The summed E-state index contributed by atoms with van der Waals surface area (Å²) in [6.07, 6.45) is 3.15. The normalized spacial score (nSPS) is 15.3. The van der Waals surface area contributed by atoms with E-state index >= 15 is 0 Å². The van der Waals surface area contributed by atoms with Gasteiger partial charge < -0.3 is 0 Å². The molecule has 1 aliphatic heterocycles. The molecule has 0 radical (unpaired) electrons. The highest BCUT2D eigenvalue weighted by atomic mass is 32.2. The largest absolute Gasteiger partial charge is 0.295 e. The lowest BCUT2D eigenvalue weighted by molar-refractivity contribution is -0.384. The number of rotatable bonds is 6. The molecule has 8 nitrogen and oxygen atoms in total. The minimum absolute atomic E-state index is 0.0793. The van der Waals surface area contributed by atoms with Crippen molar-refractivity contribution in [2.75, 3.05) is 18.5 Å². The summed E-state index contributed by atoms with van der Waals surface area (Å²) in [6, 6.07) is 11.4. The Morgan fingerprint density at radius 3 is 2.59 bits per heavy atom. The molecule has 0 spiro atoms. The standard InChI is InChI=1S/C18H20N4O4S/c1-14-5-4-6-15(11-14)13-19-20-17-8-7-16(12-18(17)22(23)24)27(25,26)21-9-2-3-10-21/h4-8,11-13,20H,2-3,9-10H2,1H3/b19-13+. The highest BCUT2D eigenvalue weighted by molar-refractivity contribution is 7.89. The predicted molar refractivity (Wildman–Crippen MR) is 103 cm³/mol. The first-order valence-corrected chi connectivity index (χ1v) is 9.96. The number of hydrogen-bond acceptors (Lipinski definition) is 6. The van der Waals surface area contributed by atoms with Gasteiger partial charge in [-0.15, -0.1) is 0 Å². The van der Waals surface area contributed by atoms with Crippen LogP contribution in [0.2, 0.25) is 0 Å². The van der Waals surface area contributed by atoms with Crippen LogP contribution in [0.4, 0.5) is 11.4 Å². The summed E-state index contributed by atoms with van der Waals surface area (Å²) in [6.45, 7) is 2.84. The van der Waals surface area contributed by atoms with Crippen molar-refractivity contribution in [3.8, 4) is 0 Å². The molecule has 9 heteroatoms. The van der Waals surface area contributed by atoms with Crippen molar-refractivity contribution in [1.82, 2.24) is 4.31 Å². The van der Waals surface area contributed by atoms with E-state index < -0.39 is 14.9 Å². The van der Waals surface area contributed by atoms with Crippen LogP contribution in [-0.2, 0) is 10.0 Å². The summed E-state index contributed by atoms with van der Waals surface area (Å²) in [5.41, 5.74) is 4.34. The summed E-state index contributed by atoms with van der Waals surface area (Å²) >= 11 is 0. The molecule has 1 saturated heterocycles. The molecule has 1 heterocycles. The van der Waals surface area contributed by atoms with Gasteiger partial charge in [0.2, 0.25) is 10.0 Å². The summed E-state index contributed by atoms with van der Waals surface area (Å²) in [7, 11) is -3.72. The van der Waals surface area contributed by atoms with Crippen LogP contribution >= 0.6 is 0 Å². The average Bonchev–Trinajstić information content (AvgIpc) is 3.17. The molecular formula is C18H20N4O4S. The van der Waals surface area contributed by atoms with Crippen molar-refractivity contribution < 1.29 is 13.3 Å². The molecule has 1 fully saturated rings. The van der Waals surface area contributed by atoms with Gasteiger partial charge in [0, 0.05) is 19.2 Å². The number of aryl methyl sites for hydroxylation is 1. The smallest absolute Gasteiger partial charge is 0.272 e. The quantitative estimate of drug-likeness (QED) is 0.465. The second kappa shape index (κ2) is 7.85. The second-order valence-electron chi connectivity index (χ2n) is 6.33. The Morgan fingerprint density at radius 1 is 1.19 bits per heavy atom. The lowest BCUT2D eigenvalue weighted by atomic mass is 10.2. The van der Waals surface area contributed by atoms with E-state index in [9.17, 15) is 18.5 Å². The molecule has 2 aromatic carbocycles. The van der Waals surface area contributed by atoms with E-state index in [0.717, 1.165) is 30.0 Å². The van der Waals surface area contributed by atoms with Crippen molar-refractivity contribution in [3.63, 3.8) is 0 Å². The van der Waals surface area contributed by atoms with Gasteiger partial charge in [0.15, 0.2) is 0 Å². The van der Waals surface area contributed by atoms with Crippen LogP contribution in [-0.4, -0.2) is 37.0 Å². The minimum atomic E-state index is -3.72. The van der Waals surface area contributed by atoms with Gasteiger partial charge >= 0.3 is 0 Å². The zero-order chi connectivity index (χ0) is 19.4. The molecule has 0 bridgehead atoms. The fourth-order valence-corrected chi connectivity index (χ4v) is 4.46. The van der Waals surface area contributed by atoms with E-state index in [4.69, 9.17) is 0 Å². The first kappa shape index (κ1) is 19.0. The van der Waals surface area contributed by atoms with Gasteiger partial charge in [0.25, 0.3) is 5.69 Å². The van der Waals surface area contributed by atoms with E-state index in [1.807, 2.05) is 31.2 Å². The van der Waals surface area contributed by atoms with Crippen LogP contribution in [0.5, 0.6) is 0 Å². The molecule has 142 valence electrons. The summed E-state index contributed by atoms with van der Waals surface area (Å²) < 4.78 is 26.6. The number of sulfonamides is 1. The number of nitrogens with zero attached hydrogens (tertiary/aromatic N) is 3. The molecule has 27 heavy (non-hydrogen) atoms. The SMILES string of the molecule is Cc1cccc(/C=N/Nc2ccc(S(=O)(=O)N3CCCC3)cc2[N+](=O)[O-])c1. The van der Waals surface area contributed by atoms with Crippen LogP contribution in [0.25, 0.3) is 0 Å². The van der Waals surface area contributed by atoms with Crippen LogP contribution in [0.15, 0.2) is 52.5 Å². The fourth-order valence-electron chi connectivity index (χ4n) is 2.92. The lowest BCUT2D eigenvalue weighted by Crippen LogP contribution is -2.27. The Hall–Kier alpha value is -2.78. The second-order valence-corrected chi connectivity index (χ2v) is 8.27. The summed E-state index contributed by atoms with van der Waals surface area (Å²) in [5.74, 6) is 0. The van der Waals surface area contributed by atoms with Crippen LogP contribution in [0.1, 0.15) is 24.0 Å². The molecule has 1 aliphatic rings. The molecule has 0 aromatic heterocycles. The van der Waals surface area contributed by atoms with E-state index in [-0.39, 0.29) is 16.3 Å². The maximum absolute atomic E-state index is 12.6. The molecule has 0 amide bonds. The Morgan fingerprint density at radius 2 is 1.93 bits per heavy atom. The van der Waals surface area contributed by atoms with Crippen LogP contribution in [0.3, 0.4) is 0 Å². The van der Waals surface area contributed by atoms with E-state index in [2.05, 4.69) is 10.5 Å². The third-order valence-corrected chi connectivity index (χ3v) is 6.20. The summed E-state index contributed by atoms with van der Waals surface area (Å²) in [5, 5.41) is 15.4. The summed E-state index contributed by atoms with van der Waals surface area (Å²) in [4.78, 5) is 10.7. The Labute approximate surface area is 157 Å². The first-order chi connectivity index (χ1) is 12.9. The number of nitro groups is 1. The molecule has 0 atom stereocenters. The topological polar surface area (TPSA) is 105 Å². The van der Waals surface area contributed by atoms with E-state index in [1.54, 1.807) is 6.21 Å². The van der Waals surface area contributed by atoms with Gasteiger partial charge in [-0.2, -0.15) is 9.41 Å². The van der Waals surface area contributed by atoms with Gasteiger partial charge in [0.05, 0.1) is 16.0 Å². The van der Waals surface area contributed by atoms with Gasteiger partial charge in [-0.1, -0.05) is 29.8 Å². The third kappa shape index (κ3) is 4.32. The molecule has 0 saturated carbocycles. The predicted octanol–water partition coefficient (Wildman–Crippen LogP) is 3.13. The van der Waals surface area contributed by atoms with Crippen molar-refractivity contribution in [2.24, 2.45) is 5.10 Å². The zero-order valence-corrected chi connectivity index (χ0v) is 15.6. The molecule has 0 unspecified atom stereocenters. The van der Waals surface area contributed by atoms with E-state index in [0.29, 0.717) is 13.1 Å². The van der Waals surface area contributed by atoms with Gasteiger partial charge in [-0.25, -0.2) is 8.42 Å². The molecular weight excluding hydrogens is 368 g/mol. The molecule has 2 aromatic rings. The van der Waals surface area contributed by atoms with Crippen molar-refractivity contribution in [1.29, 1.82) is 0 Å². The first-order valence-electron chi connectivity index (χ1n) is 8.52. The molecule has 3 rings (SSSR count). The Bertz CT molecular complexity index is 983. The van der Waals surface area contributed by atoms with Crippen molar-refractivity contribution >= 4 is 27.6 Å². The van der Waals surface area contributed by atoms with Crippen molar-refractivity contribution in [2.45, 2.75) is 24.7 Å².